The van der Waals surface area contributed by atoms with Crippen LogP contribution in [0.2, 0.25) is 0 Å². The third kappa shape index (κ3) is 2.44. The molecule has 2 rings (SSSR count). The predicted molar refractivity (Wildman–Crippen MR) is 61.6 cm³/mol. The van der Waals surface area contributed by atoms with Crippen molar-refractivity contribution in [1.82, 2.24) is 5.16 Å². The van der Waals surface area contributed by atoms with Gasteiger partial charge in [0.25, 0.3) is 5.69 Å². The average Bonchev–Trinajstić information content (AvgIpc) is 2.88. The fourth-order valence-corrected chi connectivity index (χ4v) is 1.42. The number of nitro benzene ring substituents is 1. The molecule has 2 aromatic rings. The van der Waals surface area contributed by atoms with Gasteiger partial charge in [0.05, 0.1) is 23.1 Å². The number of nitrogens with one attached hydrogen (secondary N) is 1. The van der Waals surface area contributed by atoms with Crippen molar-refractivity contribution in [2.24, 2.45) is 0 Å². The summed E-state index contributed by atoms with van der Waals surface area (Å²) in [5, 5.41) is 26.1. The third-order valence-corrected chi connectivity index (χ3v) is 2.27. The maximum absolute atomic E-state index is 10.8. The summed E-state index contributed by atoms with van der Waals surface area (Å²) in [5.74, 6) is 0. The average molecular weight is 244 g/mol. The van der Waals surface area contributed by atoms with Crippen LogP contribution in [0.15, 0.2) is 35.1 Å². The lowest BCUT2D eigenvalue weighted by molar-refractivity contribution is -0.384. The van der Waals surface area contributed by atoms with Gasteiger partial charge in [-0.05, 0) is 12.1 Å². The van der Waals surface area contributed by atoms with E-state index in [-0.39, 0.29) is 17.9 Å². The Kier molecular flexibility index (Phi) is 3.20. The van der Waals surface area contributed by atoms with Crippen molar-refractivity contribution < 1.29 is 9.45 Å². The molecule has 1 aromatic carbocycles. The molecule has 0 aliphatic rings. The molecule has 0 fully saturated rings. The maximum Gasteiger partial charge on any atom is 0.292 e. The van der Waals surface area contributed by atoms with Gasteiger partial charge in [-0.3, -0.25) is 10.1 Å². The van der Waals surface area contributed by atoms with Gasteiger partial charge in [-0.15, -0.1) is 0 Å². The predicted octanol–water partition coefficient (Wildman–Crippen LogP) is 2.07. The first-order chi connectivity index (χ1) is 8.70. The summed E-state index contributed by atoms with van der Waals surface area (Å²) in [6.45, 7) is 0.284. The number of aromatic nitrogens is 1. The Morgan fingerprint density at radius 2 is 2.33 bits per heavy atom. The normalized spacial score (nSPS) is 9.72. The highest BCUT2D eigenvalue weighted by molar-refractivity contribution is 5.64. The summed E-state index contributed by atoms with van der Waals surface area (Å²) in [6, 6.07) is 7.70. The number of nitriles is 1. The van der Waals surface area contributed by atoms with Gasteiger partial charge in [0.2, 0.25) is 0 Å². The van der Waals surface area contributed by atoms with E-state index in [1.165, 1.54) is 24.5 Å². The molecular formula is C11H8N4O3. The molecule has 7 nitrogen and oxygen atoms in total. The molecule has 0 saturated carbocycles. The van der Waals surface area contributed by atoms with Crippen LogP contribution in [0.3, 0.4) is 0 Å². The molecule has 0 saturated heterocycles. The molecule has 1 heterocycles. The van der Waals surface area contributed by atoms with Crippen molar-refractivity contribution >= 4 is 11.4 Å². The molecule has 18 heavy (non-hydrogen) atoms. The van der Waals surface area contributed by atoms with E-state index in [2.05, 4.69) is 15.0 Å². The number of hydrogen-bond acceptors (Lipinski definition) is 6. The number of rotatable bonds is 4. The number of nitro groups is 1. The van der Waals surface area contributed by atoms with Crippen molar-refractivity contribution in [3.05, 3.63) is 51.9 Å². The third-order valence-electron chi connectivity index (χ3n) is 2.27. The zero-order valence-electron chi connectivity index (χ0n) is 9.16. The van der Waals surface area contributed by atoms with Crippen LogP contribution in [0.4, 0.5) is 11.4 Å². The second-order valence-electron chi connectivity index (χ2n) is 3.45. The van der Waals surface area contributed by atoms with E-state index in [1.54, 1.807) is 6.07 Å². The van der Waals surface area contributed by atoms with Crippen LogP contribution in [0.25, 0.3) is 0 Å². The molecule has 0 bridgehead atoms. The molecule has 0 spiro atoms. The first kappa shape index (κ1) is 11.6. The van der Waals surface area contributed by atoms with Gasteiger partial charge in [-0.25, -0.2) is 0 Å². The Labute approximate surface area is 102 Å². The molecule has 1 N–H and O–H groups in total. The van der Waals surface area contributed by atoms with E-state index in [9.17, 15) is 10.1 Å². The van der Waals surface area contributed by atoms with Crippen molar-refractivity contribution in [2.75, 3.05) is 5.32 Å². The lowest BCUT2D eigenvalue weighted by atomic mass is 10.2. The van der Waals surface area contributed by atoms with Crippen molar-refractivity contribution in [3.63, 3.8) is 0 Å². The summed E-state index contributed by atoms with van der Waals surface area (Å²) >= 11 is 0. The summed E-state index contributed by atoms with van der Waals surface area (Å²) in [7, 11) is 0. The second kappa shape index (κ2) is 4.97. The molecule has 1 aromatic heterocycles. The van der Waals surface area contributed by atoms with Crippen LogP contribution >= 0.6 is 0 Å². The summed E-state index contributed by atoms with van der Waals surface area (Å²) < 4.78 is 4.65. The van der Waals surface area contributed by atoms with Gasteiger partial charge in [0.1, 0.15) is 17.6 Å². The van der Waals surface area contributed by atoms with Gasteiger partial charge < -0.3 is 9.84 Å². The van der Waals surface area contributed by atoms with Crippen LogP contribution < -0.4 is 5.32 Å². The highest BCUT2D eigenvalue weighted by Crippen LogP contribution is 2.25. The minimum Gasteiger partial charge on any atom is -0.374 e. The maximum atomic E-state index is 10.8. The van der Waals surface area contributed by atoms with Gasteiger partial charge >= 0.3 is 0 Å². The van der Waals surface area contributed by atoms with Gasteiger partial charge in [0.15, 0.2) is 0 Å². The van der Waals surface area contributed by atoms with E-state index in [0.29, 0.717) is 11.3 Å². The number of anilines is 1. The lowest BCUT2D eigenvalue weighted by Crippen LogP contribution is -2.03. The van der Waals surface area contributed by atoms with Crippen LogP contribution in [-0.4, -0.2) is 10.1 Å². The van der Waals surface area contributed by atoms with E-state index < -0.39 is 4.92 Å². The minimum absolute atomic E-state index is 0.0857. The van der Waals surface area contributed by atoms with Crippen LogP contribution in [-0.2, 0) is 6.54 Å². The highest BCUT2D eigenvalue weighted by Gasteiger charge is 2.14. The quantitative estimate of drug-likeness (QED) is 0.651. The van der Waals surface area contributed by atoms with Crippen molar-refractivity contribution in [2.45, 2.75) is 6.54 Å². The first-order valence-corrected chi connectivity index (χ1v) is 5.02. The van der Waals surface area contributed by atoms with E-state index in [4.69, 9.17) is 5.26 Å². The summed E-state index contributed by atoms with van der Waals surface area (Å²) in [5.41, 5.74) is 1.16. The Balaban J connectivity index is 2.24. The summed E-state index contributed by atoms with van der Waals surface area (Å²) in [4.78, 5) is 10.3. The summed E-state index contributed by atoms with van der Waals surface area (Å²) in [6.07, 6.45) is 1.41. The standard InChI is InChI=1S/C11H8N4O3/c12-6-8-1-2-11(15(16)17)10(5-8)13-7-9-3-4-18-14-9/h1-5,13H,7H2. The molecule has 0 atom stereocenters. The Morgan fingerprint density at radius 3 is 2.94 bits per heavy atom. The molecule has 0 radical (unpaired) electrons. The largest absolute Gasteiger partial charge is 0.374 e. The van der Waals surface area contributed by atoms with Crippen molar-refractivity contribution in [1.29, 1.82) is 5.26 Å². The molecule has 0 aliphatic heterocycles. The molecule has 0 amide bonds. The minimum atomic E-state index is -0.508. The van der Waals surface area contributed by atoms with Gasteiger partial charge in [-0.1, -0.05) is 5.16 Å². The zero-order chi connectivity index (χ0) is 13.0. The monoisotopic (exact) mass is 244 g/mol. The Hall–Kier alpha value is -2.88. The highest BCUT2D eigenvalue weighted by atomic mass is 16.6. The van der Waals surface area contributed by atoms with E-state index >= 15 is 0 Å². The van der Waals surface area contributed by atoms with Crippen molar-refractivity contribution in [3.8, 4) is 6.07 Å². The first-order valence-electron chi connectivity index (χ1n) is 5.02. The van der Waals surface area contributed by atoms with E-state index in [1.807, 2.05) is 6.07 Å². The van der Waals surface area contributed by atoms with E-state index in [0.717, 1.165) is 0 Å². The fraction of sp³-hybridized carbons (Fsp3) is 0.0909. The fourth-order valence-electron chi connectivity index (χ4n) is 1.42. The number of nitrogens with zero attached hydrogens (tertiary/aromatic N) is 3. The van der Waals surface area contributed by atoms with Crippen LogP contribution in [0.1, 0.15) is 11.3 Å². The van der Waals surface area contributed by atoms with Crippen LogP contribution in [0.5, 0.6) is 0 Å². The zero-order valence-corrected chi connectivity index (χ0v) is 9.16. The Morgan fingerprint density at radius 1 is 1.50 bits per heavy atom. The van der Waals surface area contributed by atoms with Gasteiger partial charge in [0, 0.05) is 12.1 Å². The molecule has 0 aliphatic carbocycles. The second-order valence-corrected chi connectivity index (χ2v) is 3.45. The molecule has 7 heteroatoms. The molecule has 0 unspecified atom stereocenters. The molecular weight excluding hydrogens is 236 g/mol. The van der Waals surface area contributed by atoms with Crippen LogP contribution in [0, 0.1) is 21.4 Å². The Bertz CT molecular complexity index is 601. The number of hydrogen-bond donors (Lipinski definition) is 1. The lowest BCUT2D eigenvalue weighted by Gasteiger charge is -2.05. The SMILES string of the molecule is N#Cc1ccc([N+](=O)[O-])c(NCc2ccon2)c1. The smallest absolute Gasteiger partial charge is 0.292 e. The molecule has 90 valence electrons. The topological polar surface area (TPSA) is 105 Å². The van der Waals surface area contributed by atoms with Gasteiger partial charge in [-0.2, -0.15) is 5.26 Å². The number of benzene rings is 1.